The summed E-state index contributed by atoms with van der Waals surface area (Å²) in [5, 5.41) is 3.29. The van der Waals surface area contributed by atoms with Crippen molar-refractivity contribution in [1.29, 1.82) is 0 Å². The van der Waals surface area contributed by atoms with Gasteiger partial charge in [0.15, 0.2) is 5.16 Å². The van der Waals surface area contributed by atoms with E-state index in [9.17, 15) is 9.59 Å². The first-order chi connectivity index (χ1) is 12.5. The molecule has 0 spiro atoms. The number of benzene rings is 1. The minimum absolute atomic E-state index is 0.106. The number of anilines is 1. The lowest BCUT2D eigenvalue weighted by Crippen LogP contribution is -2.16. The summed E-state index contributed by atoms with van der Waals surface area (Å²) in [5.74, 6) is 0.775. The SMILES string of the molecule is CCCCc1cc(=O)[nH]c(SCC(=O)Nc2ccc(OC(C)C)cc2)n1. The van der Waals surface area contributed by atoms with Gasteiger partial charge in [0.2, 0.25) is 5.91 Å². The van der Waals surface area contributed by atoms with Crippen LogP contribution in [0.4, 0.5) is 5.69 Å². The fourth-order valence-corrected chi connectivity index (χ4v) is 2.95. The zero-order valence-electron chi connectivity index (χ0n) is 15.4. The molecule has 2 rings (SSSR count). The summed E-state index contributed by atoms with van der Waals surface area (Å²) in [7, 11) is 0. The monoisotopic (exact) mass is 375 g/mol. The minimum Gasteiger partial charge on any atom is -0.491 e. The molecule has 1 aromatic heterocycles. The van der Waals surface area contributed by atoms with Crippen LogP contribution in [0.15, 0.2) is 40.3 Å². The van der Waals surface area contributed by atoms with Gasteiger partial charge in [0.25, 0.3) is 5.56 Å². The molecule has 0 atom stereocenters. The Labute approximate surface area is 157 Å². The number of nitrogens with zero attached hydrogens (tertiary/aromatic N) is 1. The van der Waals surface area contributed by atoms with Crippen LogP contribution in [0.2, 0.25) is 0 Å². The van der Waals surface area contributed by atoms with Crippen molar-refractivity contribution in [1.82, 2.24) is 9.97 Å². The molecule has 26 heavy (non-hydrogen) atoms. The Kier molecular flexibility index (Phi) is 7.72. The van der Waals surface area contributed by atoms with E-state index in [0.717, 1.165) is 30.7 Å². The summed E-state index contributed by atoms with van der Waals surface area (Å²) < 4.78 is 5.57. The van der Waals surface area contributed by atoms with E-state index >= 15 is 0 Å². The molecule has 0 unspecified atom stereocenters. The molecule has 2 aromatic rings. The summed E-state index contributed by atoms with van der Waals surface area (Å²) in [6.45, 7) is 6.01. The summed E-state index contributed by atoms with van der Waals surface area (Å²) >= 11 is 1.22. The van der Waals surface area contributed by atoms with Crippen molar-refractivity contribution in [2.45, 2.75) is 51.3 Å². The second kappa shape index (κ2) is 10.0. The summed E-state index contributed by atoms with van der Waals surface area (Å²) in [5.41, 5.74) is 1.28. The predicted octanol–water partition coefficient (Wildman–Crippen LogP) is 3.63. The van der Waals surface area contributed by atoms with Crippen molar-refractivity contribution >= 4 is 23.4 Å². The van der Waals surface area contributed by atoms with E-state index < -0.39 is 0 Å². The number of rotatable bonds is 9. The van der Waals surface area contributed by atoms with Crippen molar-refractivity contribution in [3.63, 3.8) is 0 Å². The first-order valence-electron chi connectivity index (χ1n) is 8.76. The van der Waals surface area contributed by atoms with Gasteiger partial charge in [-0.1, -0.05) is 25.1 Å². The molecule has 0 radical (unpaired) electrons. The molecule has 0 bridgehead atoms. The third kappa shape index (κ3) is 6.92. The van der Waals surface area contributed by atoms with Crippen molar-refractivity contribution in [3.8, 4) is 5.75 Å². The zero-order chi connectivity index (χ0) is 18.9. The zero-order valence-corrected chi connectivity index (χ0v) is 16.2. The van der Waals surface area contributed by atoms with Gasteiger partial charge in [-0.25, -0.2) is 4.98 Å². The fraction of sp³-hybridized carbons (Fsp3) is 0.421. The van der Waals surface area contributed by atoms with Crippen LogP contribution >= 0.6 is 11.8 Å². The van der Waals surface area contributed by atoms with Gasteiger partial charge in [-0.2, -0.15) is 0 Å². The molecule has 1 heterocycles. The normalized spacial score (nSPS) is 10.8. The molecule has 6 nitrogen and oxygen atoms in total. The van der Waals surface area contributed by atoms with Crippen molar-refractivity contribution < 1.29 is 9.53 Å². The highest BCUT2D eigenvalue weighted by atomic mass is 32.2. The molecular formula is C19H25N3O3S. The third-order valence-electron chi connectivity index (χ3n) is 3.41. The molecule has 0 aliphatic carbocycles. The number of aromatic amines is 1. The van der Waals surface area contributed by atoms with Crippen LogP contribution in [0.1, 0.15) is 39.3 Å². The number of aryl methyl sites for hydroxylation is 1. The number of ether oxygens (including phenoxy) is 1. The molecule has 140 valence electrons. The lowest BCUT2D eigenvalue weighted by atomic mass is 10.2. The Morgan fingerprint density at radius 3 is 2.69 bits per heavy atom. The van der Waals surface area contributed by atoms with Crippen LogP contribution in [0, 0.1) is 0 Å². The quantitative estimate of drug-likeness (QED) is 0.516. The highest BCUT2D eigenvalue weighted by Crippen LogP contribution is 2.18. The Morgan fingerprint density at radius 2 is 2.04 bits per heavy atom. The summed E-state index contributed by atoms with van der Waals surface area (Å²) in [6, 6.07) is 8.75. The van der Waals surface area contributed by atoms with E-state index in [0.29, 0.717) is 10.8 Å². The molecule has 7 heteroatoms. The van der Waals surface area contributed by atoms with Gasteiger partial charge in [-0.15, -0.1) is 0 Å². The van der Waals surface area contributed by atoms with Crippen LogP contribution in [0.3, 0.4) is 0 Å². The highest BCUT2D eigenvalue weighted by molar-refractivity contribution is 7.99. The number of amides is 1. The number of unbranched alkanes of at least 4 members (excludes halogenated alkanes) is 1. The smallest absolute Gasteiger partial charge is 0.251 e. The van der Waals surface area contributed by atoms with E-state index in [-0.39, 0.29) is 23.3 Å². The van der Waals surface area contributed by atoms with Crippen molar-refractivity contribution in [2.24, 2.45) is 0 Å². The fourth-order valence-electron chi connectivity index (χ4n) is 2.26. The van der Waals surface area contributed by atoms with Gasteiger partial charge in [0.05, 0.1) is 11.9 Å². The summed E-state index contributed by atoms with van der Waals surface area (Å²) in [6.07, 6.45) is 2.90. The number of aromatic nitrogens is 2. The Bertz CT molecular complexity index is 772. The number of carbonyl (C=O) groups is 1. The standard InChI is InChI=1S/C19H25N3O3S/c1-4-5-6-15-11-17(23)22-19(21-15)26-12-18(24)20-14-7-9-16(10-8-14)25-13(2)3/h7-11,13H,4-6,12H2,1-3H3,(H,20,24)(H,21,22,23). The Morgan fingerprint density at radius 1 is 1.31 bits per heavy atom. The van der Waals surface area contributed by atoms with Crippen LogP contribution in [-0.4, -0.2) is 27.7 Å². The molecule has 1 aromatic carbocycles. The van der Waals surface area contributed by atoms with Crippen LogP contribution < -0.4 is 15.6 Å². The van der Waals surface area contributed by atoms with Crippen LogP contribution in [0.5, 0.6) is 5.75 Å². The van der Waals surface area contributed by atoms with E-state index in [1.54, 1.807) is 12.1 Å². The van der Waals surface area contributed by atoms with Gasteiger partial charge >= 0.3 is 0 Å². The Hall–Kier alpha value is -2.28. The molecule has 0 fully saturated rings. The number of hydrogen-bond acceptors (Lipinski definition) is 5. The lowest BCUT2D eigenvalue weighted by molar-refractivity contribution is -0.113. The predicted molar refractivity (Wildman–Crippen MR) is 105 cm³/mol. The average molecular weight is 375 g/mol. The average Bonchev–Trinajstić information content (AvgIpc) is 2.59. The van der Waals surface area contributed by atoms with Crippen LogP contribution in [-0.2, 0) is 11.2 Å². The number of thioether (sulfide) groups is 1. The molecule has 0 saturated carbocycles. The second-order valence-corrected chi connectivity index (χ2v) is 7.14. The first-order valence-corrected chi connectivity index (χ1v) is 9.74. The van der Waals surface area contributed by atoms with E-state index in [2.05, 4.69) is 22.2 Å². The highest BCUT2D eigenvalue weighted by Gasteiger charge is 2.07. The van der Waals surface area contributed by atoms with Crippen LogP contribution in [0.25, 0.3) is 0 Å². The van der Waals surface area contributed by atoms with Crippen molar-refractivity contribution in [3.05, 3.63) is 46.4 Å². The topological polar surface area (TPSA) is 84.1 Å². The number of nitrogens with one attached hydrogen (secondary N) is 2. The molecular weight excluding hydrogens is 350 g/mol. The van der Waals surface area contributed by atoms with Gasteiger partial charge in [-0.05, 0) is 51.0 Å². The Balaban J connectivity index is 1.88. The van der Waals surface area contributed by atoms with Crippen molar-refractivity contribution in [2.75, 3.05) is 11.1 Å². The first kappa shape index (κ1) is 20.0. The number of H-pyrrole nitrogens is 1. The largest absolute Gasteiger partial charge is 0.491 e. The van der Waals surface area contributed by atoms with Gasteiger partial charge < -0.3 is 15.0 Å². The molecule has 0 aliphatic heterocycles. The van der Waals surface area contributed by atoms with E-state index in [4.69, 9.17) is 4.74 Å². The van der Waals surface area contributed by atoms with Gasteiger partial charge in [0, 0.05) is 17.4 Å². The maximum atomic E-state index is 12.1. The molecule has 1 amide bonds. The minimum atomic E-state index is -0.185. The maximum Gasteiger partial charge on any atom is 0.251 e. The van der Waals surface area contributed by atoms with E-state index in [1.807, 2.05) is 26.0 Å². The third-order valence-corrected chi connectivity index (χ3v) is 4.28. The van der Waals surface area contributed by atoms with E-state index in [1.165, 1.54) is 17.8 Å². The van der Waals surface area contributed by atoms with Gasteiger partial charge in [0.1, 0.15) is 5.75 Å². The number of hydrogen-bond donors (Lipinski definition) is 2. The molecule has 0 aliphatic rings. The second-order valence-electron chi connectivity index (χ2n) is 6.17. The molecule has 2 N–H and O–H groups in total. The lowest BCUT2D eigenvalue weighted by Gasteiger charge is -2.10. The summed E-state index contributed by atoms with van der Waals surface area (Å²) in [4.78, 5) is 30.9. The maximum absolute atomic E-state index is 12.1. The molecule has 0 saturated heterocycles. The van der Waals surface area contributed by atoms with Gasteiger partial charge in [-0.3, -0.25) is 9.59 Å². The number of carbonyl (C=O) groups excluding carboxylic acids is 1.